The first kappa shape index (κ1) is 14.1. The van der Waals surface area contributed by atoms with Gasteiger partial charge in [-0.1, -0.05) is 0 Å². The second kappa shape index (κ2) is 7.35. The molecule has 6 heteroatoms. The highest BCUT2D eigenvalue weighted by Crippen LogP contribution is 2.21. The molecule has 5 nitrogen and oxygen atoms in total. The molecule has 0 saturated heterocycles. The van der Waals surface area contributed by atoms with Gasteiger partial charge in [0.2, 0.25) is 0 Å². The summed E-state index contributed by atoms with van der Waals surface area (Å²) < 4.78 is 0. The maximum Gasteiger partial charge on any atom is 0.283 e. The Morgan fingerprint density at radius 2 is 2.11 bits per heavy atom. The van der Waals surface area contributed by atoms with E-state index in [2.05, 4.69) is 17.2 Å². The number of nitro groups is 1. The lowest BCUT2D eigenvalue weighted by molar-refractivity contribution is -0.384. The number of thioether (sulfide) groups is 1. The number of nitro benzene ring substituents is 1. The zero-order valence-electron chi connectivity index (χ0n) is 9.80. The zero-order valence-corrected chi connectivity index (χ0v) is 10.6. The summed E-state index contributed by atoms with van der Waals surface area (Å²) in [5, 5.41) is 12.9. The van der Waals surface area contributed by atoms with Crippen LogP contribution in [-0.2, 0) is 0 Å². The molecule has 0 heterocycles. The van der Waals surface area contributed by atoms with Gasteiger partial charge in [0.15, 0.2) is 0 Å². The van der Waals surface area contributed by atoms with E-state index in [0.717, 1.165) is 11.8 Å². The average Bonchev–Trinajstić information content (AvgIpc) is 2.35. The predicted octanol–water partition coefficient (Wildman–Crippen LogP) is 2.81. The van der Waals surface area contributed by atoms with E-state index in [1.54, 1.807) is 19.1 Å². The lowest BCUT2D eigenvalue weighted by Crippen LogP contribution is -2.19. The van der Waals surface area contributed by atoms with Crippen molar-refractivity contribution in [1.29, 1.82) is 0 Å². The minimum atomic E-state index is -0.474. The maximum absolute atomic E-state index is 11.5. The summed E-state index contributed by atoms with van der Waals surface area (Å²) in [5.74, 6) is 5.57. The normalized spacial score (nSPS) is 9.17. The van der Waals surface area contributed by atoms with E-state index >= 15 is 0 Å². The molecule has 0 atom stereocenters. The lowest BCUT2D eigenvalue weighted by Gasteiger charge is -2.02. The summed E-state index contributed by atoms with van der Waals surface area (Å²) >= 11 is 1.00. The van der Waals surface area contributed by atoms with Crippen LogP contribution in [0.5, 0.6) is 0 Å². The number of hydrogen-bond donors (Lipinski definition) is 1. The zero-order chi connectivity index (χ0) is 13.4. The molecule has 0 bridgehead atoms. The number of rotatable bonds is 4. The Balaban J connectivity index is 2.43. The first-order valence-corrected chi connectivity index (χ1v) is 6.05. The monoisotopic (exact) mass is 264 g/mol. The van der Waals surface area contributed by atoms with E-state index in [1.807, 2.05) is 0 Å². The van der Waals surface area contributed by atoms with Gasteiger partial charge in [0.25, 0.3) is 10.9 Å². The SMILES string of the molecule is CC#CCCNC(=O)Sc1ccc([N+](=O)[O-])cc1. The number of amides is 1. The van der Waals surface area contributed by atoms with Gasteiger partial charge < -0.3 is 5.32 Å². The van der Waals surface area contributed by atoms with Crippen molar-refractivity contribution in [3.63, 3.8) is 0 Å². The van der Waals surface area contributed by atoms with Crippen LogP contribution in [0.1, 0.15) is 13.3 Å². The molecule has 0 spiro atoms. The minimum Gasteiger partial charge on any atom is -0.346 e. The fourth-order valence-electron chi connectivity index (χ4n) is 1.13. The third-order valence-electron chi connectivity index (χ3n) is 1.95. The number of non-ortho nitro benzene ring substituents is 1. The van der Waals surface area contributed by atoms with Crippen LogP contribution < -0.4 is 5.32 Å². The topological polar surface area (TPSA) is 72.2 Å². The second-order valence-electron chi connectivity index (χ2n) is 3.24. The summed E-state index contributed by atoms with van der Waals surface area (Å²) in [6.45, 7) is 2.24. The molecule has 1 rings (SSSR count). The Hall–Kier alpha value is -2.00. The third kappa shape index (κ3) is 4.89. The van der Waals surface area contributed by atoms with Gasteiger partial charge in [0, 0.05) is 30.0 Å². The molecule has 1 aromatic rings. The van der Waals surface area contributed by atoms with Crippen molar-refractivity contribution in [2.45, 2.75) is 18.2 Å². The van der Waals surface area contributed by atoms with Gasteiger partial charge in [-0.05, 0) is 30.8 Å². The van der Waals surface area contributed by atoms with Gasteiger partial charge in [0.05, 0.1) is 4.92 Å². The highest BCUT2D eigenvalue weighted by Gasteiger charge is 2.07. The Kier molecular flexibility index (Phi) is 5.74. The third-order valence-corrected chi connectivity index (χ3v) is 2.79. The van der Waals surface area contributed by atoms with Crippen LogP contribution in [0.3, 0.4) is 0 Å². The highest BCUT2D eigenvalue weighted by molar-refractivity contribution is 8.13. The van der Waals surface area contributed by atoms with Gasteiger partial charge in [-0.2, -0.15) is 0 Å². The molecule has 18 heavy (non-hydrogen) atoms. The molecule has 0 aromatic heterocycles. The molecule has 94 valence electrons. The van der Waals surface area contributed by atoms with Crippen molar-refractivity contribution in [2.24, 2.45) is 0 Å². The molecule has 0 unspecified atom stereocenters. The van der Waals surface area contributed by atoms with Gasteiger partial charge in [-0.15, -0.1) is 11.8 Å². The van der Waals surface area contributed by atoms with Crippen molar-refractivity contribution >= 4 is 22.7 Å². The van der Waals surface area contributed by atoms with Gasteiger partial charge >= 0.3 is 0 Å². The number of nitrogens with zero attached hydrogens (tertiary/aromatic N) is 1. The van der Waals surface area contributed by atoms with Crippen LogP contribution in [-0.4, -0.2) is 16.7 Å². The fourth-order valence-corrected chi connectivity index (χ4v) is 1.79. The Morgan fingerprint density at radius 3 is 2.67 bits per heavy atom. The summed E-state index contributed by atoms with van der Waals surface area (Å²) in [7, 11) is 0. The van der Waals surface area contributed by atoms with Gasteiger partial charge in [0.1, 0.15) is 0 Å². The number of nitrogens with one attached hydrogen (secondary N) is 1. The molecule has 0 aliphatic heterocycles. The molecule has 1 N–H and O–H groups in total. The Labute approximate surface area is 109 Å². The van der Waals surface area contributed by atoms with E-state index in [4.69, 9.17) is 0 Å². The van der Waals surface area contributed by atoms with Crippen molar-refractivity contribution in [3.8, 4) is 11.8 Å². The molecule has 1 amide bonds. The van der Waals surface area contributed by atoms with Crippen molar-refractivity contribution in [1.82, 2.24) is 5.32 Å². The molecule has 0 aliphatic rings. The van der Waals surface area contributed by atoms with E-state index in [9.17, 15) is 14.9 Å². The van der Waals surface area contributed by atoms with Crippen molar-refractivity contribution in [3.05, 3.63) is 34.4 Å². The van der Waals surface area contributed by atoms with Crippen LogP contribution in [0.4, 0.5) is 10.5 Å². The molecular formula is C12H12N2O3S. The quantitative estimate of drug-likeness (QED) is 0.298. The van der Waals surface area contributed by atoms with Crippen LogP contribution in [0.25, 0.3) is 0 Å². The molecule has 0 aliphatic carbocycles. The van der Waals surface area contributed by atoms with Crippen LogP contribution in [0.2, 0.25) is 0 Å². The van der Waals surface area contributed by atoms with Gasteiger partial charge in [-0.25, -0.2) is 0 Å². The molecule has 0 radical (unpaired) electrons. The summed E-state index contributed by atoms with van der Waals surface area (Å²) in [6.07, 6.45) is 0.614. The van der Waals surface area contributed by atoms with Crippen LogP contribution >= 0.6 is 11.8 Å². The lowest BCUT2D eigenvalue weighted by atomic mass is 10.3. The first-order chi connectivity index (χ1) is 8.63. The van der Waals surface area contributed by atoms with Crippen LogP contribution in [0, 0.1) is 22.0 Å². The van der Waals surface area contributed by atoms with E-state index in [1.165, 1.54) is 12.1 Å². The number of hydrogen-bond acceptors (Lipinski definition) is 4. The summed E-state index contributed by atoms with van der Waals surface area (Å²) in [6, 6.07) is 5.85. The van der Waals surface area contributed by atoms with E-state index in [0.29, 0.717) is 17.9 Å². The number of benzene rings is 1. The Bertz CT molecular complexity index is 488. The standard InChI is InChI=1S/C12H12N2O3S/c1-2-3-4-9-13-12(15)18-11-7-5-10(6-8-11)14(16)17/h5-8H,4,9H2,1H3,(H,13,15). The first-order valence-electron chi connectivity index (χ1n) is 5.23. The maximum atomic E-state index is 11.5. The summed E-state index contributed by atoms with van der Waals surface area (Å²) in [4.78, 5) is 22.1. The highest BCUT2D eigenvalue weighted by atomic mass is 32.2. The summed E-state index contributed by atoms with van der Waals surface area (Å²) in [5.41, 5.74) is 0.0120. The number of carbonyl (C=O) groups is 1. The molecule has 0 saturated carbocycles. The molecular weight excluding hydrogens is 252 g/mol. The number of carbonyl (C=O) groups excluding carboxylic acids is 1. The second-order valence-corrected chi connectivity index (χ2v) is 4.29. The molecule has 1 aromatic carbocycles. The van der Waals surface area contributed by atoms with E-state index in [-0.39, 0.29) is 10.9 Å². The van der Waals surface area contributed by atoms with E-state index < -0.39 is 4.92 Å². The fraction of sp³-hybridized carbons (Fsp3) is 0.250. The van der Waals surface area contributed by atoms with Crippen molar-refractivity contribution in [2.75, 3.05) is 6.54 Å². The van der Waals surface area contributed by atoms with Crippen molar-refractivity contribution < 1.29 is 9.72 Å². The largest absolute Gasteiger partial charge is 0.346 e. The average molecular weight is 264 g/mol. The minimum absolute atomic E-state index is 0.0120. The van der Waals surface area contributed by atoms with Gasteiger partial charge in [-0.3, -0.25) is 14.9 Å². The predicted molar refractivity (Wildman–Crippen MR) is 70.4 cm³/mol. The molecule has 0 fully saturated rings. The Morgan fingerprint density at radius 1 is 1.44 bits per heavy atom. The van der Waals surface area contributed by atoms with Crippen LogP contribution in [0.15, 0.2) is 29.2 Å². The smallest absolute Gasteiger partial charge is 0.283 e.